The van der Waals surface area contributed by atoms with Crippen LogP contribution in [0.1, 0.15) is 32.6 Å². The summed E-state index contributed by atoms with van der Waals surface area (Å²) >= 11 is 0. The molecule has 4 heteroatoms. The van der Waals surface area contributed by atoms with Crippen molar-refractivity contribution in [3.05, 3.63) is 125 Å². The van der Waals surface area contributed by atoms with E-state index in [1.807, 2.05) is 54.6 Å². The van der Waals surface area contributed by atoms with E-state index in [4.69, 9.17) is 4.74 Å². The molecule has 33 heavy (non-hydrogen) atoms. The number of esters is 1. The predicted molar refractivity (Wildman–Crippen MR) is 126 cm³/mol. The van der Waals surface area contributed by atoms with Crippen LogP contribution in [0.5, 0.6) is 17.2 Å². The van der Waals surface area contributed by atoms with Gasteiger partial charge in [0, 0.05) is 22.3 Å². The molecule has 2 N–H and O–H groups in total. The van der Waals surface area contributed by atoms with Crippen molar-refractivity contribution in [2.75, 3.05) is 0 Å². The molecule has 0 radical (unpaired) electrons. The Morgan fingerprint density at radius 2 is 1.09 bits per heavy atom. The van der Waals surface area contributed by atoms with Crippen molar-refractivity contribution in [3.8, 4) is 40.9 Å². The van der Waals surface area contributed by atoms with Crippen LogP contribution < -0.4 is 4.74 Å². The molecule has 4 rings (SSSR count). The second-order valence-electron chi connectivity index (χ2n) is 7.06. The van der Waals surface area contributed by atoms with Crippen LogP contribution in [0.15, 0.2) is 97.1 Å². The van der Waals surface area contributed by atoms with Crippen LogP contribution in [-0.2, 0) is 0 Å². The number of carbonyl (C=O) groups is 1. The zero-order valence-corrected chi connectivity index (χ0v) is 17.4. The summed E-state index contributed by atoms with van der Waals surface area (Å²) in [6.07, 6.45) is 0. The molecule has 0 unspecified atom stereocenters. The highest BCUT2D eigenvalue weighted by Gasteiger charge is 2.14. The summed E-state index contributed by atoms with van der Waals surface area (Å²) in [4.78, 5) is 12.2. The van der Waals surface area contributed by atoms with Crippen molar-refractivity contribution in [2.24, 2.45) is 0 Å². The van der Waals surface area contributed by atoms with E-state index in [0.717, 1.165) is 28.3 Å². The number of aromatic hydroxyl groups is 2. The summed E-state index contributed by atoms with van der Waals surface area (Å²) in [6.45, 7) is 0. The molecule has 0 saturated heterocycles. The lowest BCUT2D eigenvalue weighted by Gasteiger charge is -2.06. The van der Waals surface area contributed by atoms with Crippen molar-refractivity contribution in [1.29, 1.82) is 0 Å². The van der Waals surface area contributed by atoms with Gasteiger partial charge in [0.05, 0.1) is 0 Å². The first-order chi connectivity index (χ1) is 16.1. The highest BCUT2D eigenvalue weighted by molar-refractivity contribution is 5.94. The molecular weight excluding hydrogens is 412 g/mol. The molecule has 4 aromatic rings. The molecule has 0 fully saturated rings. The number of hydrogen-bond acceptors (Lipinski definition) is 4. The Bertz CT molecular complexity index is 1400. The number of hydrogen-bond donors (Lipinski definition) is 2. The van der Waals surface area contributed by atoms with Gasteiger partial charge in [-0.05, 0) is 78.9 Å². The monoisotopic (exact) mass is 430 g/mol. The van der Waals surface area contributed by atoms with Crippen molar-refractivity contribution >= 4 is 5.97 Å². The lowest BCUT2D eigenvalue weighted by molar-refractivity contribution is 0.0731. The Morgan fingerprint density at radius 1 is 0.606 bits per heavy atom. The maximum absolute atomic E-state index is 12.2. The van der Waals surface area contributed by atoms with Gasteiger partial charge < -0.3 is 14.9 Å². The number of carbonyl (C=O) groups excluding carboxylic acids is 1. The zero-order chi connectivity index (χ0) is 23.0. The van der Waals surface area contributed by atoms with Gasteiger partial charge in [-0.15, -0.1) is 0 Å². The SMILES string of the molecule is O=C(Oc1ccc(C#Cc2ccc(C#Cc3ccccc3)cc2)cc1)c1cc(O)ccc1O. The Balaban J connectivity index is 1.40. The van der Waals surface area contributed by atoms with Crippen LogP contribution >= 0.6 is 0 Å². The Kier molecular flexibility index (Phi) is 6.40. The summed E-state index contributed by atoms with van der Waals surface area (Å²) in [5, 5.41) is 19.3. The van der Waals surface area contributed by atoms with Crippen LogP contribution in [0.3, 0.4) is 0 Å². The highest BCUT2D eigenvalue weighted by atomic mass is 16.5. The van der Waals surface area contributed by atoms with Crippen LogP contribution in [0, 0.1) is 23.7 Å². The molecule has 0 aromatic heterocycles. The standard InChI is InChI=1S/C29H18O4/c30-25-16-19-28(31)27(20-25)29(32)33-26-17-14-24(15-18-26)13-12-23-10-8-22(9-11-23)7-6-21-4-2-1-3-5-21/h1-5,8-11,14-20,30-31H. The van der Waals surface area contributed by atoms with Gasteiger partial charge in [0.2, 0.25) is 0 Å². The first-order valence-electron chi connectivity index (χ1n) is 10.1. The molecular formula is C29H18O4. The molecule has 4 nitrogen and oxygen atoms in total. The maximum Gasteiger partial charge on any atom is 0.347 e. The highest BCUT2D eigenvalue weighted by Crippen LogP contribution is 2.24. The first-order valence-corrected chi connectivity index (χ1v) is 10.1. The van der Waals surface area contributed by atoms with Gasteiger partial charge in [-0.25, -0.2) is 4.79 Å². The van der Waals surface area contributed by atoms with Gasteiger partial charge in [-0.1, -0.05) is 41.9 Å². The van der Waals surface area contributed by atoms with E-state index in [-0.39, 0.29) is 17.1 Å². The van der Waals surface area contributed by atoms with E-state index >= 15 is 0 Å². The Hall–Kier alpha value is -4.93. The van der Waals surface area contributed by atoms with Gasteiger partial charge in [0.1, 0.15) is 22.8 Å². The lowest BCUT2D eigenvalue weighted by Crippen LogP contribution is -2.08. The van der Waals surface area contributed by atoms with Crippen LogP contribution in [-0.4, -0.2) is 16.2 Å². The second kappa shape index (κ2) is 9.92. The normalized spacial score (nSPS) is 9.70. The summed E-state index contributed by atoms with van der Waals surface area (Å²) in [5.41, 5.74) is 3.37. The molecule has 0 aliphatic carbocycles. The topological polar surface area (TPSA) is 66.8 Å². The summed E-state index contributed by atoms with van der Waals surface area (Å²) in [5.74, 6) is 11.6. The van der Waals surface area contributed by atoms with Gasteiger partial charge in [0.25, 0.3) is 0 Å². The van der Waals surface area contributed by atoms with E-state index < -0.39 is 5.97 Å². The van der Waals surface area contributed by atoms with Gasteiger partial charge in [-0.3, -0.25) is 0 Å². The predicted octanol–water partition coefficient (Wildman–Crippen LogP) is 5.12. The smallest absolute Gasteiger partial charge is 0.347 e. The van der Waals surface area contributed by atoms with Crippen molar-refractivity contribution in [1.82, 2.24) is 0 Å². The number of ether oxygens (including phenoxy) is 1. The van der Waals surface area contributed by atoms with Gasteiger partial charge in [-0.2, -0.15) is 0 Å². The molecule has 0 aliphatic heterocycles. The average molecular weight is 430 g/mol. The summed E-state index contributed by atoms with van der Waals surface area (Å²) < 4.78 is 5.25. The largest absolute Gasteiger partial charge is 0.508 e. The third-order valence-electron chi connectivity index (χ3n) is 4.63. The van der Waals surface area contributed by atoms with Gasteiger partial charge in [0.15, 0.2) is 0 Å². The molecule has 0 saturated carbocycles. The fraction of sp³-hybridized carbons (Fsp3) is 0. The molecule has 4 aromatic carbocycles. The molecule has 0 heterocycles. The number of phenolic OH excluding ortho intramolecular Hbond substituents is 2. The number of phenols is 2. The van der Waals surface area contributed by atoms with Crippen LogP contribution in [0.25, 0.3) is 0 Å². The lowest BCUT2D eigenvalue weighted by atomic mass is 10.1. The van der Waals surface area contributed by atoms with Crippen LogP contribution in [0.2, 0.25) is 0 Å². The maximum atomic E-state index is 12.2. The van der Waals surface area contributed by atoms with Crippen molar-refractivity contribution in [3.63, 3.8) is 0 Å². The fourth-order valence-electron chi connectivity index (χ4n) is 2.90. The third kappa shape index (κ3) is 5.82. The quantitative estimate of drug-likeness (QED) is 0.201. The summed E-state index contributed by atoms with van der Waals surface area (Å²) in [7, 11) is 0. The third-order valence-corrected chi connectivity index (χ3v) is 4.63. The summed E-state index contributed by atoms with van der Waals surface area (Å²) in [6, 6.07) is 27.9. The van der Waals surface area contributed by atoms with E-state index in [9.17, 15) is 15.0 Å². The molecule has 158 valence electrons. The van der Waals surface area contributed by atoms with Gasteiger partial charge >= 0.3 is 5.97 Å². The molecule has 0 bridgehead atoms. The Morgan fingerprint density at radius 3 is 1.64 bits per heavy atom. The number of rotatable bonds is 2. The second-order valence-corrected chi connectivity index (χ2v) is 7.06. The minimum atomic E-state index is -0.766. The molecule has 0 atom stereocenters. The fourth-order valence-corrected chi connectivity index (χ4v) is 2.90. The van der Waals surface area contributed by atoms with Crippen molar-refractivity contribution in [2.45, 2.75) is 0 Å². The molecule has 0 spiro atoms. The van der Waals surface area contributed by atoms with E-state index in [1.165, 1.54) is 12.1 Å². The van der Waals surface area contributed by atoms with E-state index in [2.05, 4.69) is 23.7 Å². The zero-order valence-electron chi connectivity index (χ0n) is 17.4. The number of benzene rings is 4. The minimum Gasteiger partial charge on any atom is -0.508 e. The van der Waals surface area contributed by atoms with E-state index in [1.54, 1.807) is 24.3 Å². The average Bonchev–Trinajstić information content (AvgIpc) is 2.85. The Labute approximate surface area is 191 Å². The van der Waals surface area contributed by atoms with Crippen molar-refractivity contribution < 1.29 is 19.7 Å². The molecule has 0 aliphatic rings. The molecule has 0 amide bonds. The van der Waals surface area contributed by atoms with Crippen LogP contribution in [0.4, 0.5) is 0 Å². The first kappa shape index (κ1) is 21.3. The minimum absolute atomic E-state index is 0.115. The van der Waals surface area contributed by atoms with E-state index in [0.29, 0.717) is 5.75 Å².